The van der Waals surface area contributed by atoms with Gasteiger partial charge in [-0.3, -0.25) is 9.59 Å². The summed E-state index contributed by atoms with van der Waals surface area (Å²) in [5.74, 6) is 0.0510. The lowest BCUT2D eigenvalue weighted by Gasteiger charge is -2.30. The molecule has 0 aliphatic heterocycles. The van der Waals surface area contributed by atoms with Gasteiger partial charge in [-0.15, -0.1) is 0 Å². The number of carbonyl (C=O) groups is 2. The molecule has 1 atom stereocenters. The largest absolute Gasteiger partial charge is 0.484 e. The molecule has 1 N–H and O–H groups in total. The van der Waals surface area contributed by atoms with Gasteiger partial charge in [-0.25, -0.2) is 4.39 Å². The van der Waals surface area contributed by atoms with Crippen LogP contribution in [0.2, 0.25) is 0 Å². The molecule has 0 heterocycles. The number of carbonyl (C=O) groups excluding carboxylic acids is 2. The van der Waals surface area contributed by atoms with Gasteiger partial charge >= 0.3 is 0 Å². The van der Waals surface area contributed by atoms with Crippen LogP contribution in [0, 0.1) is 18.7 Å². The van der Waals surface area contributed by atoms with Crippen LogP contribution < -0.4 is 10.1 Å². The Morgan fingerprint density at radius 3 is 2.27 bits per heavy atom. The van der Waals surface area contributed by atoms with Crippen LogP contribution in [0.25, 0.3) is 0 Å². The van der Waals surface area contributed by atoms with Crippen LogP contribution >= 0.6 is 0 Å². The van der Waals surface area contributed by atoms with Gasteiger partial charge in [0.25, 0.3) is 5.91 Å². The lowest BCUT2D eigenvalue weighted by atomic mass is 10.1. The molecule has 1 unspecified atom stereocenters. The first-order valence-corrected chi connectivity index (χ1v) is 10.3. The number of amides is 2. The van der Waals surface area contributed by atoms with E-state index in [1.165, 1.54) is 17.0 Å². The van der Waals surface area contributed by atoms with E-state index in [9.17, 15) is 14.0 Å². The highest BCUT2D eigenvalue weighted by atomic mass is 19.1. The molecule has 2 aromatic rings. The van der Waals surface area contributed by atoms with Crippen molar-refractivity contribution in [1.29, 1.82) is 0 Å². The Morgan fingerprint density at radius 1 is 1.07 bits per heavy atom. The highest BCUT2D eigenvalue weighted by molar-refractivity contribution is 5.88. The van der Waals surface area contributed by atoms with Gasteiger partial charge in [-0.05, 0) is 49.1 Å². The summed E-state index contributed by atoms with van der Waals surface area (Å²) >= 11 is 0. The quantitative estimate of drug-likeness (QED) is 0.637. The minimum atomic E-state index is -0.636. The van der Waals surface area contributed by atoms with Crippen LogP contribution in [0.1, 0.15) is 38.3 Å². The Labute approximate surface area is 178 Å². The van der Waals surface area contributed by atoms with E-state index < -0.39 is 6.04 Å². The predicted octanol–water partition coefficient (Wildman–Crippen LogP) is 4.09. The van der Waals surface area contributed by atoms with Crippen molar-refractivity contribution in [3.8, 4) is 5.75 Å². The summed E-state index contributed by atoms with van der Waals surface area (Å²) in [4.78, 5) is 27.3. The molecule has 30 heavy (non-hydrogen) atoms. The number of hydrogen-bond donors (Lipinski definition) is 1. The molecule has 2 rings (SSSR count). The number of aryl methyl sites for hydroxylation is 1. The number of rotatable bonds is 10. The maximum Gasteiger partial charge on any atom is 0.261 e. The third kappa shape index (κ3) is 7.17. The first kappa shape index (κ1) is 23.4. The Balaban J connectivity index is 2.17. The monoisotopic (exact) mass is 414 g/mol. The van der Waals surface area contributed by atoms with Crippen molar-refractivity contribution in [3.63, 3.8) is 0 Å². The molecule has 0 saturated heterocycles. The Kier molecular flexibility index (Phi) is 8.84. The molecule has 162 valence electrons. The van der Waals surface area contributed by atoms with Gasteiger partial charge in [0.2, 0.25) is 5.91 Å². The van der Waals surface area contributed by atoms with E-state index in [4.69, 9.17) is 4.74 Å². The number of halogens is 1. The molecule has 2 amide bonds. The average Bonchev–Trinajstić information content (AvgIpc) is 2.72. The van der Waals surface area contributed by atoms with Crippen molar-refractivity contribution >= 4 is 11.8 Å². The molecule has 0 radical (unpaired) electrons. The summed E-state index contributed by atoms with van der Waals surface area (Å²) in [5, 5.41) is 2.91. The molecule has 0 aliphatic carbocycles. The molecule has 0 spiro atoms. The fourth-order valence-electron chi connectivity index (χ4n) is 2.99. The van der Waals surface area contributed by atoms with Gasteiger partial charge in [0.1, 0.15) is 17.6 Å². The fraction of sp³-hybridized carbons (Fsp3) is 0.417. The van der Waals surface area contributed by atoms with E-state index in [1.807, 2.05) is 39.8 Å². The maximum atomic E-state index is 13.3. The van der Waals surface area contributed by atoms with E-state index in [2.05, 4.69) is 5.32 Å². The number of ether oxygens (including phenoxy) is 1. The van der Waals surface area contributed by atoms with Gasteiger partial charge in [-0.2, -0.15) is 0 Å². The standard InChI is InChI=1S/C24H31FN2O3/c1-5-22(24(29)26-14-17(2)3)27(15-19-8-10-20(25)11-9-19)23(28)16-30-21-12-6-18(4)7-13-21/h6-13,17,22H,5,14-16H2,1-4H3,(H,26,29). The van der Waals surface area contributed by atoms with Crippen LogP contribution in [0.3, 0.4) is 0 Å². The second kappa shape index (κ2) is 11.3. The van der Waals surface area contributed by atoms with E-state index in [1.54, 1.807) is 24.3 Å². The zero-order valence-corrected chi connectivity index (χ0v) is 18.2. The summed E-state index contributed by atoms with van der Waals surface area (Å²) < 4.78 is 18.9. The molecule has 0 aromatic heterocycles. The van der Waals surface area contributed by atoms with Crippen LogP contribution in [-0.4, -0.2) is 35.9 Å². The Morgan fingerprint density at radius 2 is 1.70 bits per heavy atom. The van der Waals surface area contributed by atoms with Crippen molar-refractivity contribution in [1.82, 2.24) is 10.2 Å². The molecule has 2 aromatic carbocycles. The van der Waals surface area contributed by atoms with E-state index in [-0.39, 0.29) is 30.8 Å². The molecule has 5 nitrogen and oxygen atoms in total. The van der Waals surface area contributed by atoms with Gasteiger partial charge in [0.05, 0.1) is 0 Å². The minimum Gasteiger partial charge on any atom is -0.484 e. The molecular weight excluding hydrogens is 383 g/mol. The SMILES string of the molecule is CCC(C(=O)NCC(C)C)N(Cc1ccc(F)cc1)C(=O)COc1ccc(C)cc1. The second-order valence-corrected chi connectivity index (χ2v) is 7.81. The summed E-state index contributed by atoms with van der Waals surface area (Å²) in [5.41, 5.74) is 1.84. The minimum absolute atomic E-state index is 0.182. The average molecular weight is 415 g/mol. The highest BCUT2D eigenvalue weighted by Crippen LogP contribution is 2.15. The van der Waals surface area contributed by atoms with Crippen molar-refractivity contribution in [2.45, 2.75) is 46.7 Å². The van der Waals surface area contributed by atoms with Gasteiger partial charge in [0, 0.05) is 13.1 Å². The first-order chi connectivity index (χ1) is 14.3. The van der Waals surface area contributed by atoms with Crippen LogP contribution in [0.5, 0.6) is 5.75 Å². The second-order valence-electron chi connectivity index (χ2n) is 7.81. The lowest BCUT2D eigenvalue weighted by molar-refractivity contribution is -0.143. The van der Waals surface area contributed by atoms with Crippen molar-refractivity contribution < 1.29 is 18.7 Å². The van der Waals surface area contributed by atoms with Crippen LogP contribution in [0.15, 0.2) is 48.5 Å². The zero-order chi connectivity index (χ0) is 22.1. The third-order valence-corrected chi connectivity index (χ3v) is 4.72. The van der Waals surface area contributed by atoms with Crippen molar-refractivity contribution in [2.24, 2.45) is 5.92 Å². The number of benzene rings is 2. The third-order valence-electron chi connectivity index (χ3n) is 4.72. The summed E-state index contributed by atoms with van der Waals surface area (Å²) in [6.07, 6.45) is 0.460. The summed E-state index contributed by atoms with van der Waals surface area (Å²) in [7, 11) is 0. The van der Waals surface area contributed by atoms with Gasteiger partial charge < -0.3 is 15.0 Å². The normalized spacial score (nSPS) is 11.8. The zero-order valence-electron chi connectivity index (χ0n) is 18.2. The molecule has 0 saturated carbocycles. The maximum absolute atomic E-state index is 13.3. The van der Waals surface area contributed by atoms with Gasteiger partial charge in [-0.1, -0.05) is 50.6 Å². The van der Waals surface area contributed by atoms with E-state index in [0.29, 0.717) is 24.6 Å². The van der Waals surface area contributed by atoms with Crippen molar-refractivity contribution in [2.75, 3.05) is 13.2 Å². The number of hydrogen-bond acceptors (Lipinski definition) is 3. The lowest BCUT2D eigenvalue weighted by Crippen LogP contribution is -2.50. The Hall–Kier alpha value is -2.89. The predicted molar refractivity (Wildman–Crippen MR) is 116 cm³/mol. The fourth-order valence-corrected chi connectivity index (χ4v) is 2.99. The van der Waals surface area contributed by atoms with Crippen LogP contribution in [-0.2, 0) is 16.1 Å². The first-order valence-electron chi connectivity index (χ1n) is 10.3. The van der Waals surface area contributed by atoms with Gasteiger partial charge in [0.15, 0.2) is 6.61 Å². The van der Waals surface area contributed by atoms with E-state index >= 15 is 0 Å². The van der Waals surface area contributed by atoms with Crippen molar-refractivity contribution in [3.05, 3.63) is 65.5 Å². The molecule has 0 bridgehead atoms. The molecule has 6 heteroatoms. The van der Waals surface area contributed by atoms with E-state index in [0.717, 1.165) is 11.1 Å². The molecular formula is C24H31FN2O3. The summed E-state index contributed by atoms with van der Waals surface area (Å²) in [6, 6.07) is 12.7. The smallest absolute Gasteiger partial charge is 0.261 e. The van der Waals surface area contributed by atoms with Crippen LogP contribution in [0.4, 0.5) is 4.39 Å². The summed E-state index contributed by atoms with van der Waals surface area (Å²) in [6.45, 7) is 8.42. The topological polar surface area (TPSA) is 58.6 Å². The molecule has 0 fully saturated rings. The molecule has 0 aliphatic rings. The number of nitrogens with one attached hydrogen (secondary N) is 1. The Bertz CT molecular complexity index is 819. The highest BCUT2D eigenvalue weighted by Gasteiger charge is 2.29. The number of nitrogens with zero attached hydrogens (tertiary/aromatic N) is 1.